The molecule has 1 saturated carbocycles. The molecule has 0 heterocycles. The van der Waals surface area contributed by atoms with Gasteiger partial charge in [0.2, 0.25) is 11.8 Å². The number of amides is 2. The largest absolute Gasteiger partial charge is 0.346 e. The van der Waals surface area contributed by atoms with Gasteiger partial charge in [-0.15, -0.1) is 12.4 Å². The molecule has 0 saturated heterocycles. The van der Waals surface area contributed by atoms with E-state index in [0.717, 1.165) is 17.7 Å². The molecule has 0 unspecified atom stereocenters. The third kappa shape index (κ3) is 6.00. The van der Waals surface area contributed by atoms with E-state index >= 15 is 0 Å². The third-order valence-electron chi connectivity index (χ3n) is 3.08. The molecule has 20 heavy (non-hydrogen) atoms. The fourth-order valence-corrected chi connectivity index (χ4v) is 1.67. The first kappa shape index (κ1) is 19.1. The average molecular weight is 314 g/mol. The van der Waals surface area contributed by atoms with Gasteiger partial charge in [0.05, 0.1) is 19.1 Å². The van der Waals surface area contributed by atoms with E-state index < -0.39 is 30.8 Å². The second-order valence-electron chi connectivity index (χ2n) is 5.16. The zero-order valence-electron chi connectivity index (χ0n) is 11.6. The molecule has 1 rings (SSSR count). The Balaban J connectivity index is 0.00000361. The number of nitrogens with one attached hydrogen (secondary N) is 1. The van der Waals surface area contributed by atoms with Crippen LogP contribution in [0.1, 0.15) is 26.7 Å². The van der Waals surface area contributed by atoms with Gasteiger partial charge in [0.25, 0.3) is 6.43 Å². The molecule has 3 N–H and O–H groups in total. The van der Waals surface area contributed by atoms with Crippen molar-refractivity contribution in [2.24, 2.45) is 11.7 Å². The molecule has 0 aliphatic heterocycles. The maximum Gasteiger partial charge on any atom is 0.255 e. The van der Waals surface area contributed by atoms with Crippen molar-refractivity contribution in [3.05, 3.63) is 0 Å². The zero-order valence-corrected chi connectivity index (χ0v) is 12.5. The lowest BCUT2D eigenvalue weighted by Gasteiger charge is -2.23. The van der Waals surface area contributed by atoms with Crippen LogP contribution < -0.4 is 11.1 Å². The maximum atomic E-state index is 12.4. The van der Waals surface area contributed by atoms with E-state index in [9.17, 15) is 18.4 Å². The van der Waals surface area contributed by atoms with Crippen LogP contribution in [0.4, 0.5) is 8.78 Å². The Morgan fingerprint density at radius 1 is 1.35 bits per heavy atom. The molecule has 1 aliphatic rings. The fourth-order valence-electron chi connectivity index (χ4n) is 1.67. The Bertz CT molecular complexity index is 339. The molecule has 0 aromatic heterocycles. The Morgan fingerprint density at radius 2 is 1.90 bits per heavy atom. The van der Waals surface area contributed by atoms with E-state index in [1.54, 1.807) is 13.8 Å². The summed E-state index contributed by atoms with van der Waals surface area (Å²) in [6.07, 6.45) is -1.06. The Morgan fingerprint density at radius 3 is 2.30 bits per heavy atom. The minimum absolute atomic E-state index is 0. The van der Waals surface area contributed by atoms with Gasteiger partial charge in [0.15, 0.2) is 0 Å². The monoisotopic (exact) mass is 313 g/mol. The highest BCUT2D eigenvalue weighted by atomic mass is 35.5. The van der Waals surface area contributed by atoms with E-state index in [4.69, 9.17) is 5.73 Å². The second kappa shape index (κ2) is 8.36. The number of hydrogen-bond donors (Lipinski definition) is 2. The first-order chi connectivity index (χ1) is 8.82. The topological polar surface area (TPSA) is 75.4 Å². The van der Waals surface area contributed by atoms with Crippen molar-refractivity contribution in [2.45, 2.75) is 45.2 Å². The summed E-state index contributed by atoms with van der Waals surface area (Å²) < 4.78 is 24.7. The zero-order chi connectivity index (χ0) is 14.6. The van der Waals surface area contributed by atoms with Crippen molar-refractivity contribution in [1.29, 1.82) is 0 Å². The van der Waals surface area contributed by atoms with E-state index in [1.165, 1.54) is 0 Å². The molecular weight excluding hydrogens is 292 g/mol. The van der Waals surface area contributed by atoms with Gasteiger partial charge in [0.1, 0.15) is 0 Å². The van der Waals surface area contributed by atoms with Crippen LogP contribution in [0.25, 0.3) is 0 Å². The predicted octanol–water partition coefficient (Wildman–Crippen LogP) is 0.764. The number of halogens is 3. The highest BCUT2D eigenvalue weighted by Crippen LogP contribution is 2.27. The second-order valence-corrected chi connectivity index (χ2v) is 5.16. The molecule has 118 valence electrons. The quantitative estimate of drug-likeness (QED) is 0.729. The standard InChI is InChI=1S/C12H21F2N3O2.ClH/c1-7(2)11(15)12(19)16-5-10(18)17(6-9(13)14)8-3-4-8;/h7-9,11H,3-6,15H2,1-2H3,(H,16,19);1H/t11-;/m0./s1. The minimum atomic E-state index is -2.56. The van der Waals surface area contributed by atoms with Gasteiger partial charge in [-0.05, 0) is 18.8 Å². The van der Waals surface area contributed by atoms with Crippen LogP contribution in [0.5, 0.6) is 0 Å². The van der Waals surface area contributed by atoms with Crippen LogP contribution in [-0.4, -0.2) is 48.3 Å². The molecule has 0 aromatic carbocycles. The van der Waals surface area contributed by atoms with Crippen LogP contribution in [0, 0.1) is 5.92 Å². The van der Waals surface area contributed by atoms with E-state index in [1.807, 2.05) is 0 Å². The minimum Gasteiger partial charge on any atom is -0.346 e. The molecular formula is C12H22ClF2N3O2. The number of carbonyl (C=O) groups excluding carboxylic acids is 2. The highest BCUT2D eigenvalue weighted by molar-refractivity contribution is 5.87. The van der Waals surface area contributed by atoms with Crippen LogP contribution in [0.2, 0.25) is 0 Å². The average Bonchev–Trinajstić information content (AvgIpc) is 3.15. The summed E-state index contributed by atoms with van der Waals surface area (Å²) in [7, 11) is 0. The SMILES string of the molecule is CC(C)[C@H](N)C(=O)NCC(=O)N(CC(F)F)C1CC1.Cl. The Hall–Kier alpha value is -0.950. The van der Waals surface area contributed by atoms with Crippen molar-refractivity contribution in [3.63, 3.8) is 0 Å². The lowest BCUT2D eigenvalue weighted by molar-refractivity contribution is -0.135. The summed E-state index contributed by atoms with van der Waals surface area (Å²) in [6, 6.07) is -0.797. The molecule has 0 spiro atoms. The van der Waals surface area contributed by atoms with Gasteiger partial charge in [-0.2, -0.15) is 0 Å². The first-order valence-corrected chi connectivity index (χ1v) is 6.43. The number of alkyl halides is 2. The number of hydrogen-bond acceptors (Lipinski definition) is 3. The molecule has 0 aromatic rings. The Kier molecular flexibility index (Phi) is 7.96. The molecule has 8 heteroatoms. The van der Waals surface area contributed by atoms with Crippen molar-refractivity contribution in [1.82, 2.24) is 10.2 Å². The highest BCUT2D eigenvalue weighted by Gasteiger charge is 2.34. The predicted molar refractivity (Wildman–Crippen MR) is 73.8 cm³/mol. The molecule has 0 radical (unpaired) electrons. The van der Waals surface area contributed by atoms with Gasteiger partial charge in [-0.25, -0.2) is 8.78 Å². The van der Waals surface area contributed by atoms with Gasteiger partial charge < -0.3 is 16.0 Å². The molecule has 1 aliphatic carbocycles. The van der Waals surface area contributed by atoms with Crippen LogP contribution in [0.3, 0.4) is 0 Å². The van der Waals surface area contributed by atoms with Crippen molar-refractivity contribution >= 4 is 24.2 Å². The number of nitrogens with zero attached hydrogens (tertiary/aromatic N) is 1. The summed E-state index contributed by atoms with van der Waals surface area (Å²) in [5, 5.41) is 2.40. The third-order valence-corrected chi connectivity index (χ3v) is 3.08. The maximum absolute atomic E-state index is 12.4. The van der Waals surface area contributed by atoms with Crippen molar-refractivity contribution < 1.29 is 18.4 Å². The van der Waals surface area contributed by atoms with E-state index in [-0.39, 0.29) is 30.9 Å². The summed E-state index contributed by atoms with van der Waals surface area (Å²) in [5.74, 6) is -0.959. The van der Waals surface area contributed by atoms with Crippen LogP contribution in [-0.2, 0) is 9.59 Å². The molecule has 5 nitrogen and oxygen atoms in total. The summed E-state index contributed by atoms with van der Waals surface area (Å²) in [4.78, 5) is 24.5. The van der Waals surface area contributed by atoms with Gasteiger partial charge >= 0.3 is 0 Å². The van der Waals surface area contributed by atoms with Gasteiger partial charge in [-0.3, -0.25) is 9.59 Å². The van der Waals surface area contributed by atoms with Crippen molar-refractivity contribution in [2.75, 3.05) is 13.1 Å². The molecule has 0 bridgehead atoms. The van der Waals surface area contributed by atoms with Crippen LogP contribution >= 0.6 is 12.4 Å². The van der Waals surface area contributed by atoms with Gasteiger partial charge in [0, 0.05) is 6.04 Å². The fraction of sp³-hybridized carbons (Fsp3) is 0.833. The smallest absolute Gasteiger partial charge is 0.255 e. The number of carbonyl (C=O) groups is 2. The summed E-state index contributed by atoms with van der Waals surface area (Å²) in [5.41, 5.74) is 5.62. The van der Waals surface area contributed by atoms with E-state index in [0.29, 0.717) is 0 Å². The lowest BCUT2D eigenvalue weighted by Crippen LogP contribution is -2.49. The summed E-state index contributed by atoms with van der Waals surface area (Å²) in [6.45, 7) is 2.73. The normalized spacial score (nSPS) is 15.8. The molecule has 2 amide bonds. The number of rotatable bonds is 7. The number of nitrogens with two attached hydrogens (primary N) is 1. The van der Waals surface area contributed by atoms with Gasteiger partial charge in [-0.1, -0.05) is 13.8 Å². The van der Waals surface area contributed by atoms with Crippen molar-refractivity contribution in [3.8, 4) is 0 Å². The lowest BCUT2D eigenvalue weighted by atomic mass is 10.1. The summed E-state index contributed by atoms with van der Waals surface area (Å²) >= 11 is 0. The van der Waals surface area contributed by atoms with Crippen LogP contribution in [0.15, 0.2) is 0 Å². The Labute approximate surface area is 123 Å². The molecule has 1 fully saturated rings. The molecule has 1 atom stereocenters. The first-order valence-electron chi connectivity index (χ1n) is 6.43. The van der Waals surface area contributed by atoms with E-state index in [2.05, 4.69) is 5.32 Å².